The van der Waals surface area contributed by atoms with Gasteiger partial charge in [-0.15, -0.1) is 11.3 Å². The third-order valence-corrected chi connectivity index (χ3v) is 4.47. The zero-order valence-corrected chi connectivity index (χ0v) is 15.8. The number of hydrazine groups is 1. The summed E-state index contributed by atoms with van der Waals surface area (Å²) >= 11 is 6.32. The summed E-state index contributed by atoms with van der Waals surface area (Å²) in [4.78, 5) is 25.0. The molecule has 0 fully saturated rings. The van der Waals surface area contributed by atoms with Gasteiger partial charge in [-0.25, -0.2) is 4.39 Å². The van der Waals surface area contributed by atoms with E-state index < -0.39 is 17.8 Å². The minimum atomic E-state index is -0.756. The minimum absolute atomic E-state index is 0.0236. The first-order chi connectivity index (χ1) is 12.4. The summed E-state index contributed by atoms with van der Waals surface area (Å²) in [6, 6.07) is 8.71. The van der Waals surface area contributed by atoms with E-state index in [0.717, 1.165) is 0 Å². The predicted molar refractivity (Wildman–Crippen MR) is 104 cm³/mol. The molecule has 0 radical (unpaired) electrons. The van der Waals surface area contributed by atoms with Crippen LogP contribution in [-0.2, 0) is 4.79 Å². The molecule has 0 saturated carbocycles. The molecule has 6 nitrogen and oxygen atoms in total. The first-order valence-corrected chi connectivity index (χ1v) is 9.13. The molecule has 4 N–H and O–H groups in total. The monoisotopic (exact) mass is 394 g/mol. The zero-order valence-electron chi connectivity index (χ0n) is 14.2. The quantitative estimate of drug-likeness (QED) is 0.463. The summed E-state index contributed by atoms with van der Waals surface area (Å²) < 4.78 is 13.6. The van der Waals surface area contributed by atoms with Gasteiger partial charge in [0.25, 0.3) is 11.8 Å². The van der Waals surface area contributed by atoms with Crippen LogP contribution in [0.5, 0.6) is 0 Å². The van der Waals surface area contributed by atoms with Crippen LogP contribution in [0.25, 0.3) is 0 Å². The fraction of sp³-hybridized carbons (Fsp3) is 0.235. The highest BCUT2D eigenvalue weighted by Crippen LogP contribution is 2.12. The average Bonchev–Trinajstić information content (AvgIpc) is 3.14. The van der Waals surface area contributed by atoms with Crippen molar-refractivity contribution in [2.24, 2.45) is 5.92 Å². The Hall–Kier alpha value is -2.52. The Morgan fingerprint density at radius 1 is 1.12 bits per heavy atom. The van der Waals surface area contributed by atoms with Gasteiger partial charge in [0.1, 0.15) is 11.9 Å². The summed E-state index contributed by atoms with van der Waals surface area (Å²) in [7, 11) is 0. The summed E-state index contributed by atoms with van der Waals surface area (Å²) in [5.41, 5.74) is 5.12. The third kappa shape index (κ3) is 5.50. The predicted octanol–water partition coefficient (Wildman–Crippen LogP) is 2.66. The Morgan fingerprint density at radius 3 is 2.46 bits per heavy atom. The van der Waals surface area contributed by atoms with Gasteiger partial charge in [0.2, 0.25) is 0 Å². The Morgan fingerprint density at radius 2 is 1.85 bits per heavy atom. The van der Waals surface area contributed by atoms with E-state index in [4.69, 9.17) is 12.2 Å². The minimum Gasteiger partial charge on any atom is -0.339 e. The van der Waals surface area contributed by atoms with Crippen LogP contribution in [-0.4, -0.2) is 23.0 Å². The molecule has 2 amide bonds. The fourth-order valence-electron chi connectivity index (χ4n) is 2.07. The lowest BCUT2D eigenvalue weighted by atomic mass is 10.0. The zero-order chi connectivity index (χ0) is 19.1. The normalized spacial score (nSPS) is 11.5. The van der Waals surface area contributed by atoms with Crippen LogP contribution < -0.4 is 21.5 Å². The van der Waals surface area contributed by atoms with Crippen molar-refractivity contribution in [3.8, 4) is 0 Å². The molecule has 2 aromatic rings. The standard InChI is InChI=1S/C17H19FN4O2S2/c1-10(2)14(20-15(23)13-8-5-9-26-13)16(24)21-22-17(25)19-12-7-4-3-6-11(12)18/h3-10,14H,1-2H3,(H,20,23)(H,21,24)(H2,19,22,25)/t14-/m0/s1. The molecule has 1 aromatic heterocycles. The molecule has 0 aliphatic carbocycles. The van der Waals surface area contributed by atoms with Crippen molar-refractivity contribution in [1.82, 2.24) is 16.2 Å². The highest BCUT2D eigenvalue weighted by Gasteiger charge is 2.25. The lowest BCUT2D eigenvalue weighted by Crippen LogP contribution is -2.54. The second-order valence-corrected chi connectivity index (χ2v) is 7.08. The second kappa shape index (κ2) is 9.25. The van der Waals surface area contributed by atoms with Gasteiger partial charge in [-0.3, -0.25) is 20.4 Å². The molecule has 1 heterocycles. The Balaban J connectivity index is 1.90. The Labute approximate surface area is 160 Å². The number of thiocarbonyl (C=S) groups is 1. The van der Waals surface area contributed by atoms with E-state index in [2.05, 4.69) is 21.5 Å². The van der Waals surface area contributed by atoms with Crippen molar-refractivity contribution >= 4 is 46.2 Å². The van der Waals surface area contributed by atoms with Gasteiger partial charge in [-0.2, -0.15) is 0 Å². The van der Waals surface area contributed by atoms with E-state index in [9.17, 15) is 14.0 Å². The summed E-state index contributed by atoms with van der Waals surface area (Å²) in [6.45, 7) is 3.63. The van der Waals surface area contributed by atoms with Gasteiger partial charge in [0, 0.05) is 0 Å². The maximum Gasteiger partial charge on any atom is 0.262 e. The van der Waals surface area contributed by atoms with Crippen molar-refractivity contribution in [2.75, 3.05) is 5.32 Å². The molecule has 1 atom stereocenters. The molecular formula is C17H19FN4O2S2. The number of thiophene rings is 1. The smallest absolute Gasteiger partial charge is 0.262 e. The number of amides is 2. The van der Waals surface area contributed by atoms with Crippen LogP contribution in [0.4, 0.5) is 10.1 Å². The van der Waals surface area contributed by atoms with Gasteiger partial charge in [0.05, 0.1) is 10.6 Å². The molecule has 0 aliphatic rings. The summed E-state index contributed by atoms with van der Waals surface area (Å²) in [5.74, 6) is -1.39. The topological polar surface area (TPSA) is 82.3 Å². The molecule has 138 valence electrons. The van der Waals surface area contributed by atoms with Crippen molar-refractivity contribution in [3.05, 3.63) is 52.5 Å². The number of hydrogen-bond acceptors (Lipinski definition) is 4. The lowest BCUT2D eigenvalue weighted by molar-refractivity contribution is -0.124. The first kappa shape index (κ1) is 19.8. The van der Waals surface area contributed by atoms with Gasteiger partial charge < -0.3 is 10.6 Å². The van der Waals surface area contributed by atoms with Gasteiger partial charge >= 0.3 is 0 Å². The maximum atomic E-state index is 13.6. The third-order valence-electron chi connectivity index (χ3n) is 3.40. The molecule has 0 saturated heterocycles. The SMILES string of the molecule is CC(C)[C@H](NC(=O)c1cccs1)C(=O)NNC(=S)Nc1ccccc1F. The lowest BCUT2D eigenvalue weighted by Gasteiger charge is -2.22. The molecule has 26 heavy (non-hydrogen) atoms. The van der Waals surface area contributed by atoms with E-state index in [-0.39, 0.29) is 22.6 Å². The number of anilines is 1. The molecular weight excluding hydrogens is 375 g/mol. The van der Waals surface area contributed by atoms with Gasteiger partial charge in [-0.05, 0) is 41.7 Å². The average molecular weight is 394 g/mol. The van der Waals surface area contributed by atoms with Crippen molar-refractivity contribution < 1.29 is 14.0 Å². The van der Waals surface area contributed by atoms with Crippen LogP contribution in [0.3, 0.4) is 0 Å². The molecule has 0 bridgehead atoms. The van der Waals surface area contributed by atoms with Crippen molar-refractivity contribution in [1.29, 1.82) is 0 Å². The van der Waals surface area contributed by atoms with E-state index in [1.165, 1.54) is 23.5 Å². The number of rotatable bonds is 5. The van der Waals surface area contributed by atoms with E-state index in [0.29, 0.717) is 4.88 Å². The molecule has 0 aliphatic heterocycles. The molecule has 0 spiro atoms. The number of carbonyl (C=O) groups excluding carboxylic acids is 2. The van der Waals surface area contributed by atoms with Gasteiger partial charge in [0.15, 0.2) is 5.11 Å². The number of hydrogen-bond donors (Lipinski definition) is 4. The molecule has 1 aromatic carbocycles. The van der Waals surface area contributed by atoms with Crippen molar-refractivity contribution in [2.45, 2.75) is 19.9 Å². The summed E-state index contributed by atoms with van der Waals surface area (Å²) in [5, 5.41) is 7.15. The maximum absolute atomic E-state index is 13.6. The van der Waals surface area contributed by atoms with Crippen LogP contribution in [0, 0.1) is 11.7 Å². The summed E-state index contributed by atoms with van der Waals surface area (Å²) in [6.07, 6.45) is 0. The van der Waals surface area contributed by atoms with Crippen LogP contribution >= 0.6 is 23.6 Å². The Kier molecular flexibility index (Phi) is 7.05. The van der Waals surface area contributed by atoms with E-state index in [1.807, 2.05) is 13.8 Å². The van der Waals surface area contributed by atoms with Crippen LogP contribution in [0.15, 0.2) is 41.8 Å². The van der Waals surface area contributed by atoms with E-state index >= 15 is 0 Å². The number of nitrogens with one attached hydrogen (secondary N) is 4. The molecule has 9 heteroatoms. The largest absolute Gasteiger partial charge is 0.339 e. The number of carbonyl (C=O) groups is 2. The van der Waals surface area contributed by atoms with Gasteiger partial charge in [-0.1, -0.05) is 32.0 Å². The number of para-hydroxylation sites is 1. The molecule has 0 unspecified atom stereocenters. The number of halogens is 1. The molecule has 2 rings (SSSR count). The van der Waals surface area contributed by atoms with Crippen molar-refractivity contribution in [3.63, 3.8) is 0 Å². The van der Waals surface area contributed by atoms with Crippen LogP contribution in [0.1, 0.15) is 23.5 Å². The van der Waals surface area contributed by atoms with E-state index in [1.54, 1.807) is 29.6 Å². The highest BCUT2D eigenvalue weighted by atomic mass is 32.1. The van der Waals surface area contributed by atoms with Crippen LogP contribution in [0.2, 0.25) is 0 Å². The number of benzene rings is 1. The Bertz CT molecular complexity index is 781. The first-order valence-electron chi connectivity index (χ1n) is 7.84. The fourth-order valence-corrected chi connectivity index (χ4v) is 2.86. The second-order valence-electron chi connectivity index (χ2n) is 5.72. The highest BCUT2D eigenvalue weighted by molar-refractivity contribution is 7.80.